The maximum absolute atomic E-state index is 12.2. The van der Waals surface area contributed by atoms with Crippen LogP contribution in [0.2, 0.25) is 0 Å². The van der Waals surface area contributed by atoms with Crippen molar-refractivity contribution in [1.82, 2.24) is 4.90 Å². The Hall–Kier alpha value is -2.13. The van der Waals surface area contributed by atoms with E-state index in [0.717, 1.165) is 6.54 Å². The van der Waals surface area contributed by atoms with Crippen molar-refractivity contribution in [3.8, 4) is 0 Å². The molecule has 2 N–H and O–H groups in total. The second kappa shape index (κ2) is 5.67. The zero-order valence-electron chi connectivity index (χ0n) is 11.3. The van der Waals surface area contributed by atoms with E-state index in [2.05, 4.69) is 4.90 Å². The van der Waals surface area contributed by atoms with E-state index < -0.39 is 0 Å². The van der Waals surface area contributed by atoms with Crippen molar-refractivity contribution in [1.29, 1.82) is 0 Å². The van der Waals surface area contributed by atoms with Gasteiger partial charge in [0.05, 0.1) is 0 Å². The quantitative estimate of drug-likeness (QED) is 0.673. The number of ketones is 1. The number of rotatable bonds is 4. The Morgan fingerprint density at radius 1 is 0.947 bits per heavy atom. The zero-order chi connectivity index (χ0) is 13.8. The van der Waals surface area contributed by atoms with E-state index in [4.69, 9.17) is 5.73 Å². The molecule has 2 rings (SSSR count). The van der Waals surface area contributed by atoms with Gasteiger partial charge in [0.2, 0.25) is 0 Å². The van der Waals surface area contributed by atoms with Gasteiger partial charge in [-0.3, -0.25) is 4.79 Å². The van der Waals surface area contributed by atoms with Crippen molar-refractivity contribution in [3.63, 3.8) is 0 Å². The molecule has 98 valence electrons. The minimum atomic E-state index is 0.0244. The van der Waals surface area contributed by atoms with Crippen molar-refractivity contribution in [2.45, 2.75) is 6.54 Å². The first kappa shape index (κ1) is 13.3. The molecule has 0 bridgehead atoms. The highest BCUT2D eigenvalue weighted by molar-refractivity contribution is 6.09. The van der Waals surface area contributed by atoms with Gasteiger partial charge in [-0.1, -0.05) is 24.3 Å². The van der Waals surface area contributed by atoms with Crippen LogP contribution < -0.4 is 5.73 Å². The molecule has 3 nitrogen and oxygen atoms in total. The summed E-state index contributed by atoms with van der Waals surface area (Å²) in [5.74, 6) is 0.0244. The van der Waals surface area contributed by atoms with Crippen molar-refractivity contribution in [2.24, 2.45) is 0 Å². The third-order valence-corrected chi connectivity index (χ3v) is 2.89. The summed E-state index contributed by atoms with van der Waals surface area (Å²) in [7, 11) is 4.04. The Balaban J connectivity index is 2.17. The molecule has 3 heteroatoms. The highest BCUT2D eigenvalue weighted by Crippen LogP contribution is 2.13. The zero-order valence-corrected chi connectivity index (χ0v) is 11.3. The molecule has 0 unspecified atom stereocenters. The van der Waals surface area contributed by atoms with Gasteiger partial charge >= 0.3 is 0 Å². The number of carbonyl (C=O) groups excluding carboxylic acids is 1. The van der Waals surface area contributed by atoms with Crippen LogP contribution in [0.5, 0.6) is 0 Å². The molecule has 0 spiro atoms. The van der Waals surface area contributed by atoms with Crippen LogP contribution in [-0.2, 0) is 6.54 Å². The number of nitrogens with two attached hydrogens (primary N) is 1. The lowest BCUT2D eigenvalue weighted by atomic mass is 10.0. The summed E-state index contributed by atoms with van der Waals surface area (Å²) in [6, 6.07) is 14.7. The lowest BCUT2D eigenvalue weighted by Gasteiger charge is -2.09. The molecule has 0 heterocycles. The van der Waals surface area contributed by atoms with Crippen molar-refractivity contribution in [2.75, 3.05) is 19.8 Å². The van der Waals surface area contributed by atoms with Gasteiger partial charge in [-0.05, 0) is 43.9 Å². The van der Waals surface area contributed by atoms with Gasteiger partial charge < -0.3 is 10.6 Å². The van der Waals surface area contributed by atoms with Gasteiger partial charge in [0, 0.05) is 23.4 Å². The van der Waals surface area contributed by atoms with Gasteiger partial charge in [-0.15, -0.1) is 0 Å². The molecule has 0 aliphatic heterocycles. The number of nitrogens with zero attached hydrogens (tertiary/aromatic N) is 1. The van der Waals surface area contributed by atoms with Crippen LogP contribution in [0.1, 0.15) is 21.5 Å². The molecule has 0 radical (unpaired) electrons. The molecule has 19 heavy (non-hydrogen) atoms. The number of nitrogen functional groups attached to an aromatic ring is 1. The van der Waals surface area contributed by atoms with E-state index in [1.807, 2.05) is 38.4 Å². The predicted molar refractivity (Wildman–Crippen MR) is 78.1 cm³/mol. The van der Waals surface area contributed by atoms with Crippen LogP contribution in [0.25, 0.3) is 0 Å². The smallest absolute Gasteiger partial charge is 0.193 e. The summed E-state index contributed by atoms with van der Waals surface area (Å²) in [5.41, 5.74) is 8.84. The molecule has 0 aliphatic rings. The van der Waals surface area contributed by atoms with Crippen molar-refractivity contribution >= 4 is 11.5 Å². The highest BCUT2D eigenvalue weighted by atomic mass is 16.1. The number of anilines is 1. The van der Waals surface area contributed by atoms with Gasteiger partial charge in [0.15, 0.2) is 5.78 Å². The minimum Gasteiger partial charge on any atom is -0.399 e. The number of carbonyl (C=O) groups is 1. The summed E-state index contributed by atoms with van der Waals surface area (Å²) in [6.07, 6.45) is 0. The van der Waals surface area contributed by atoms with Crippen molar-refractivity contribution in [3.05, 3.63) is 65.2 Å². The lowest BCUT2D eigenvalue weighted by molar-refractivity contribution is 0.103. The van der Waals surface area contributed by atoms with Crippen LogP contribution in [0.15, 0.2) is 48.5 Å². The van der Waals surface area contributed by atoms with E-state index in [9.17, 15) is 4.79 Å². The van der Waals surface area contributed by atoms with E-state index in [-0.39, 0.29) is 5.78 Å². The fourth-order valence-corrected chi connectivity index (χ4v) is 1.93. The number of hydrogen-bond donors (Lipinski definition) is 1. The Morgan fingerprint density at radius 2 is 1.42 bits per heavy atom. The van der Waals surface area contributed by atoms with E-state index in [0.29, 0.717) is 16.8 Å². The van der Waals surface area contributed by atoms with Crippen LogP contribution in [0.3, 0.4) is 0 Å². The monoisotopic (exact) mass is 254 g/mol. The molecule has 0 atom stereocenters. The number of hydrogen-bond acceptors (Lipinski definition) is 3. The standard InChI is InChI=1S/C16H18N2O/c1-18(2)11-12-3-5-13(6-4-12)16(19)14-7-9-15(17)10-8-14/h3-10H,11,17H2,1-2H3. The first-order chi connectivity index (χ1) is 9.06. The van der Waals surface area contributed by atoms with Crippen LogP contribution in [-0.4, -0.2) is 24.8 Å². The maximum atomic E-state index is 12.2. The summed E-state index contributed by atoms with van der Waals surface area (Å²) in [4.78, 5) is 14.3. The molecular weight excluding hydrogens is 236 g/mol. The molecule has 2 aromatic carbocycles. The second-order valence-electron chi connectivity index (χ2n) is 4.89. The van der Waals surface area contributed by atoms with Gasteiger partial charge in [0.1, 0.15) is 0 Å². The maximum Gasteiger partial charge on any atom is 0.193 e. The summed E-state index contributed by atoms with van der Waals surface area (Å²) < 4.78 is 0. The van der Waals surface area contributed by atoms with Crippen molar-refractivity contribution < 1.29 is 4.79 Å². The molecule has 0 saturated heterocycles. The third-order valence-electron chi connectivity index (χ3n) is 2.89. The molecule has 0 saturated carbocycles. The molecule has 0 aliphatic carbocycles. The SMILES string of the molecule is CN(C)Cc1ccc(C(=O)c2ccc(N)cc2)cc1. The summed E-state index contributed by atoms with van der Waals surface area (Å²) >= 11 is 0. The van der Waals surface area contributed by atoms with E-state index >= 15 is 0 Å². The normalized spacial score (nSPS) is 10.7. The van der Waals surface area contributed by atoms with Gasteiger partial charge in [-0.2, -0.15) is 0 Å². The fourth-order valence-electron chi connectivity index (χ4n) is 1.93. The lowest BCUT2D eigenvalue weighted by Crippen LogP contribution is -2.10. The molecule has 2 aromatic rings. The highest BCUT2D eigenvalue weighted by Gasteiger charge is 2.08. The van der Waals surface area contributed by atoms with E-state index in [1.165, 1.54) is 5.56 Å². The average Bonchev–Trinajstić information content (AvgIpc) is 2.39. The molecule has 0 aromatic heterocycles. The van der Waals surface area contributed by atoms with Crippen LogP contribution in [0.4, 0.5) is 5.69 Å². The van der Waals surface area contributed by atoms with E-state index in [1.54, 1.807) is 24.3 Å². The topological polar surface area (TPSA) is 46.3 Å². The fraction of sp³-hybridized carbons (Fsp3) is 0.188. The predicted octanol–water partition coefficient (Wildman–Crippen LogP) is 2.56. The Bertz CT molecular complexity index is 556. The summed E-state index contributed by atoms with van der Waals surface area (Å²) in [6.45, 7) is 0.871. The number of benzene rings is 2. The van der Waals surface area contributed by atoms with Gasteiger partial charge in [0.25, 0.3) is 0 Å². The Labute approximate surface area is 113 Å². The first-order valence-corrected chi connectivity index (χ1v) is 6.20. The van der Waals surface area contributed by atoms with Crippen LogP contribution >= 0.6 is 0 Å². The van der Waals surface area contributed by atoms with Gasteiger partial charge in [-0.25, -0.2) is 0 Å². The Kier molecular flexibility index (Phi) is 3.97. The molecule has 0 amide bonds. The Morgan fingerprint density at radius 3 is 1.89 bits per heavy atom. The molecular formula is C16H18N2O. The first-order valence-electron chi connectivity index (χ1n) is 6.20. The minimum absolute atomic E-state index is 0.0244. The third kappa shape index (κ3) is 3.42. The average molecular weight is 254 g/mol. The largest absolute Gasteiger partial charge is 0.399 e. The second-order valence-corrected chi connectivity index (χ2v) is 4.89. The van der Waals surface area contributed by atoms with Crippen LogP contribution in [0, 0.1) is 0 Å². The summed E-state index contributed by atoms with van der Waals surface area (Å²) in [5, 5.41) is 0. The molecule has 0 fully saturated rings.